The van der Waals surface area contributed by atoms with E-state index < -0.39 is 0 Å². The number of nitrogens with zero attached hydrogens (tertiary/aromatic N) is 3. The van der Waals surface area contributed by atoms with Gasteiger partial charge in [-0.05, 0) is 12.0 Å². The Balaban J connectivity index is 2.41. The van der Waals surface area contributed by atoms with Crippen molar-refractivity contribution >= 4 is 5.91 Å². The molecule has 0 aromatic carbocycles. The summed E-state index contributed by atoms with van der Waals surface area (Å²) in [6.07, 6.45) is 5.34. The van der Waals surface area contributed by atoms with Gasteiger partial charge in [-0.3, -0.25) is 9.48 Å². The quantitative estimate of drug-likeness (QED) is 0.716. The zero-order valence-corrected chi connectivity index (χ0v) is 9.03. The molecule has 0 aliphatic carbocycles. The van der Waals surface area contributed by atoms with Crippen molar-refractivity contribution in [3.63, 3.8) is 0 Å². The summed E-state index contributed by atoms with van der Waals surface area (Å²) >= 11 is 0. The fraction of sp³-hybridized carbons (Fsp3) is 0.600. The van der Waals surface area contributed by atoms with Crippen LogP contribution in [0.5, 0.6) is 0 Å². The highest BCUT2D eigenvalue weighted by Crippen LogP contribution is 1.99. The van der Waals surface area contributed by atoms with Crippen LogP contribution in [-0.4, -0.2) is 34.7 Å². The van der Waals surface area contributed by atoms with E-state index in [2.05, 4.69) is 12.0 Å². The Morgan fingerprint density at radius 2 is 2.29 bits per heavy atom. The second-order valence-electron chi connectivity index (χ2n) is 3.50. The maximum atomic E-state index is 11.3. The molecule has 0 radical (unpaired) electrons. The average Bonchev–Trinajstić information content (AvgIpc) is 2.61. The Bertz CT molecular complexity index is 304. The number of amides is 1. The summed E-state index contributed by atoms with van der Waals surface area (Å²) in [5, 5.41) is 4.16. The van der Waals surface area contributed by atoms with Crippen molar-refractivity contribution < 1.29 is 4.79 Å². The lowest BCUT2D eigenvalue weighted by molar-refractivity contribution is -0.128. The van der Waals surface area contributed by atoms with Gasteiger partial charge in [0.15, 0.2) is 0 Å². The molecule has 4 nitrogen and oxygen atoms in total. The molecule has 1 rings (SSSR count). The first kappa shape index (κ1) is 10.8. The molecule has 0 aliphatic rings. The van der Waals surface area contributed by atoms with Crippen molar-refractivity contribution in [3.05, 3.63) is 18.0 Å². The molecule has 1 amide bonds. The number of carbonyl (C=O) groups is 1. The first-order chi connectivity index (χ1) is 6.63. The Labute approximate surface area is 84.5 Å². The molecule has 14 heavy (non-hydrogen) atoms. The Morgan fingerprint density at radius 1 is 1.57 bits per heavy atom. The van der Waals surface area contributed by atoms with Crippen LogP contribution < -0.4 is 0 Å². The van der Waals surface area contributed by atoms with Gasteiger partial charge >= 0.3 is 0 Å². The third kappa shape index (κ3) is 2.87. The van der Waals surface area contributed by atoms with Gasteiger partial charge in [0.05, 0.1) is 6.20 Å². The Morgan fingerprint density at radius 3 is 2.79 bits per heavy atom. The first-order valence-electron chi connectivity index (χ1n) is 4.85. The molecule has 4 heteroatoms. The lowest BCUT2D eigenvalue weighted by atomic mass is 10.3. The highest BCUT2D eigenvalue weighted by molar-refractivity contribution is 5.75. The molecule has 78 valence electrons. The highest BCUT2D eigenvalue weighted by atomic mass is 16.2. The molecule has 0 atom stereocenters. The summed E-state index contributed by atoms with van der Waals surface area (Å²) in [7, 11) is 3.53. The van der Waals surface area contributed by atoms with Gasteiger partial charge in [-0.1, -0.05) is 6.92 Å². The van der Waals surface area contributed by atoms with Crippen molar-refractivity contribution in [1.82, 2.24) is 14.7 Å². The SMILES string of the molecule is CCc1cnn(CCC(=O)N(C)C)c1. The van der Waals surface area contributed by atoms with E-state index >= 15 is 0 Å². The van der Waals surface area contributed by atoms with Gasteiger partial charge < -0.3 is 4.90 Å². The summed E-state index contributed by atoms with van der Waals surface area (Å²) in [4.78, 5) is 12.9. The van der Waals surface area contributed by atoms with Crippen LogP contribution in [-0.2, 0) is 17.8 Å². The van der Waals surface area contributed by atoms with Gasteiger partial charge in [0.2, 0.25) is 5.91 Å². The van der Waals surface area contributed by atoms with Crippen LogP contribution in [0.3, 0.4) is 0 Å². The summed E-state index contributed by atoms with van der Waals surface area (Å²) in [6.45, 7) is 2.75. The molecule has 0 fully saturated rings. The molecule has 0 saturated carbocycles. The van der Waals surface area contributed by atoms with Crippen molar-refractivity contribution in [2.45, 2.75) is 26.3 Å². The Hall–Kier alpha value is -1.32. The number of aromatic nitrogens is 2. The molecule has 1 aromatic rings. The molecule has 0 bridgehead atoms. The van der Waals surface area contributed by atoms with Crippen molar-refractivity contribution in [3.8, 4) is 0 Å². The van der Waals surface area contributed by atoms with E-state index in [0.717, 1.165) is 6.42 Å². The van der Waals surface area contributed by atoms with Crippen LogP contribution in [0.15, 0.2) is 12.4 Å². The molecule has 1 heterocycles. The second kappa shape index (κ2) is 4.79. The summed E-state index contributed by atoms with van der Waals surface area (Å²) < 4.78 is 1.82. The van der Waals surface area contributed by atoms with Crippen LogP contribution in [0.25, 0.3) is 0 Å². The van der Waals surface area contributed by atoms with Gasteiger partial charge in [0.25, 0.3) is 0 Å². The molecular formula is C10H17N3O. The van der Waals surface area contributed by atoms with Crippen LogP contribution in [0.2, 0.25) is 0 Å². The van der Waals surface area contributed by atoms with E-state index in [-0.39, 0.29) is 5.91 Å². The molecule has 0 aliphatic heterocycles. The topological polar surface area (TPSA) is 38.1 Å². The summed E-state index contributed by atoms with van der Waals surface area (Å²) in [6, 6.07) is 0. The monoisotopic (exact) mass is 195 g/mol. The highest BCUT2D eigenvalue weighted by Gasteiger charge is 2.04. The number of aryl methyl sites for hydroxylation is 2. The smallest absolute Gasteiger partial charge is 0.223 e. The fourth-order valence-electron chi connectivity index (χ4n) is 1.15. The minimum Gasteiger partial charge on any atom is -0.349 e. The van der Waals surface area contributed by atoms with E-state index in [1.807, 2.05) is 17.1 Å². The van der Waals surface area contributed by atoms with E-state index in [1.54, 1.807) is 19.0 Å². The van der Waals surface area contributed by atoms with Gasteiger partial charge in [0.1, 0.15) is 0 Å². The molecule has 0 spiro atoms. The van der Waals surface area contributed by atoms with Gasteiger partial charge in [0, 0.05) is 33.3 Å². The van der Waals surface area contributed by atoms with Crippen LogP contribution >= 0.6 is 0 Å². The lowest BCUT2D eigenvalue weighted by Gasteiger charge is -2.09. The third-order valence-corrected chi connectivity index (χ3v) is 2.15. The van der Waals surface area contributed by atoms with Gasteiger partial charge in [-0.15, -0.1) is 0 Å². The molecule has 0 unspecified atom stereocenters. The minimum absolute atomic E-state index is 0.138. The summed E-state index contributed by atoms with van der Waals surface area (Å²) in [5.41, 5.74) is 1.21. The maximum absolute atomic E-state index is 11.3. The van der Waals surface area contributed by atoms with E-state index in [9.17, 15) is 4.79 Å². The zero-order valence-electron chi connectivity index (χ0n) is 9.03. The summed E-state index contributed by atoms with van der Waals surface area (Å²) in [5.74, 6) is 0.138. The normalized spacial score (nSPS) is 10.2. The number of hydrogen-bond acceptors (Lipinski definition) is 2. The number of hydrogen-bond donors (Lipinski definition) is 0. The predicted molar refractivity (Wildman–Crippen MR) is 54.9 cm³/mol. The number of rotatable bonds is 4. The largest absolute Gasteiger partial charge is 0.349 e. The van der Waals surface area contributed by atoms with Crippen LogP contribution in [0, 0.1) is 0 Å². The van der Waals surface area contributed by atoms with Crippen LogP contribution in [0.4, 0.5) is 0 Å². The third-order valence-electron chi connectivity index (χ3n) is 2.15. The zero-order chi connectivity index (χ0) is 10.6. The van der Waals surface area contributed by atoms with E-state index in [1.165, 1.54) is 5.56 Å². The van der Waals surface area contributed by atoms with Crippen LogP contribution in [0.1, 0.15) is 18.9 Å². The number of carbonyl (C=O) groups excluding carboxylic acids is 1. The van der Waals surface area contributed by atoms with Crippen molar-refractivity contribution in [1.29, 1.82) is 0 Å². The molecule has 0 saturated heterocycles. The molecule has 0 N–H and O–H groups in total. The van der Waals surface area contributed by atoms with Crippen molar-refractivity contribution in [2.24, 2.45) is 0 Å². The fourth-order valence-corrected chi connectivity index (χ4v) is 1.15. The standard InChI is InChI=1S/C10H17N3O/c1-4-9-7-11-13(8-9)6-5-10(14)12(2)3/h7-8H,4-6H2,1-3H3. The average molecular weight is 195 g/mol. The van der Waals surface area contributed by atoms with Crippen molar-refractivity contribution in [2.75, 3.05) is 14.1 Å². The second-order valence-corrected chi connectivity index (χ2v) is 3.50. The van der Waals surface area contributed by atoms with E-state index in [4.69, 9.17) is 0 Å². The first-order valence-corrected chi connectivity index (χ1v) is 4.85. The maximum Gasteiger partial charge on any atom is 0.223 e. The molecule has 1 aromatic heterocycles. The Kier molecular flexibility index (Phi) is 3.68. The predicted octanol–water partition coefficient (Wildman–Crippen LogP) is 0.924. The molecular weight excluding hydrogens is 178 g/mol. The van der Waals surface area contributed by atoms with Gasteiger partial charge in [-0.2, -0.15) is 5.10 Å². The lowest BCUT2D eigenvalue weighted by Crippen LogP contribution is -2.22. The van der Waals surface area contributed by atoms with Gasteiger partial charge in [-0.25, -0.2) is 0 Å². The minimum atomic E-state index is 0.138. The van der Waals surface area contributed by atoms with E-state index in [0.29, 0.717) is 13.0 Å².